The molecule has 0 heterocycles. The number of carbonyl (C=O) groups excluding carboxylic acids is 1. The van der Waals surface area contributed by atoms with E-state index >= 15 is 0 Å². The number of hydrogen-bond acceptors (Lipinski definition) is 2. The zero-order chi connectivity index (χ0) is 15.5. The molecule has 0 aromatic heterocycles. The maximum atomic E-state index is 12.7. The molecule has 0 radical (unpaired) electrons. The van der Waals surface area contributed by atoms with Crippen molar-refractivity contribution in [2.75, 3.05) is 7.11 Å². The second-order valence-corrected chi connectivity index (χ2v) is 5.44. The highest BCUT2D eigenvalue weighted by Gasteiger charge is 2.43. The van der Waals surface area contributed by atoms with Crippen LogP contribution in [0.2, 0.25) is 10.0 Å². The van der Waals surface area contributed by atoms with E-state index in [1.54, 1.807) is 31.2 Å². The zero-order valence-corrected chi connectivity index (χ0v) is 13.4. The van der Waals surface area contributed by atoms with Crippen molar-refractivity contribution in [3.63, 3.8) is 0 Å². The second kappa shape index (κ2) is 6.61. The molecule has 0 fully saturated rings. The summed E-state index contributed by atoms with van der Waals surface area (Å²) in [5, 5.41) is 0.946. The van der Waals surface area contributed by atoms with E-state index in [4.69, 9.17) is 27.9 Å². The summed E-state index contributed by atoms with van der Waals surface area (Å²) in [6, 6.07) is 14.4. The molecule has 0 atom stereocenters. The number of carbonyl (C=O) groups is 1. The summed E-state index contributed by atoms with van der Waals surface area (Å²) in [6.07, 6.45) is 0.310. The SMILES string of the molecule is CCC(=O)C(OC)(c1ccccc1Cl)c1ccccc1Cl. The molecule has 0 aliphatic heterocycles. The first-order valence-corrected chi connectivity index (χ1v) is 7.42. The van der Waals surface area contributed by atoms with E-state index in [-0.39, 0.29) is 5.78 Å². The quantitative estimate of drug-likeness (QED) is 0.785. The molecule has 2 rings (SSSR count). The van der Waals surface area contributed by atoms with Crippen LogP contribution < -0.4 is 0 Å². The molecular formula is C17H16Cl2O2. The first-order chi connectivity index (χ1) is 10.1. The second-order valence-electron chi connectivity index (χ2n) is 4.62. The van der Waals surface area contributed by atoms with Crippen LogP contribution in [0.15, 0.2) is 48.5 Å². The van der Waals surface area contributed by atoms with Gasteiger partial charge >= 0.3 is 0 Å². The number of halogens is 2. The van der Waals surface area contributed by atoms with Gasteiger partial charge in [0.1, 0.15) is 0 Å². The predicted molar refractivity (Wildman–Crippen MR) is 86.0 cm³/mol. The minimum atomic E-state index is -1.29. The Hall–Kier alpha value is -1.35. The molecule has 2 aromatic rings. The van der Waals surface area contributed by atoms with Crippen molar-refractivity contribution in [2.24, 2.45) is 0 Å². The molecule has 0 bridgehead atoms. The van der Waals surface area contributed by atoms with E-state index in [2.05, 4.69) is 0 Å². The standard InChI is InChI=1S/C17H16Cl2O2/c1-3-16(20)17(21-2,12-8-4-6-10-14(12)18)13-9-5-7-11-15(13)19/h4-11H,3H2,1-2H3. The first kappa shape index (κ1) is 16.0. The number of rotatable bonds is 5. The lowest BCUT2D eigenvalue weighted by Crippen LogP contribution is -2.39. The summed E-state index contributed by atoms with van der Waals surface area (Å²) in [6.45, 7) is 1.80. The van der Waals surface area contributed by atoms with Gasteiger partial charge in [0.2, 0.25) is 0 Å². The summed E-state index contributed by atoms with van der Waals surface area (Å²) in [5.41, 5.74) is -0.0749. The van der Waals surface area contributed by atoms with E-state index in [0.717, 1.165) is 0 Å². The molecule has 0 aliphatic carbocycles. The van der Waals surface area contributed by atoms with Gasteiger partial charge in [0.15, 0.2) is 11.4 Å². The van der Waals surface area contributed by atoms with Gasteiger partial charge in [-0.15, -0.1) is 0 Å². The fraction of sp³-hybridized carbons (Fsp3) is 0.235. The molecule has 0 spiro atoms. The third-order valence-corrected chi connectivity index (χ3v) is 4.19. The molecule has 0 N–H and O–H groups in total. The van der Waals surface area contributed by atoms with Crippen LogP contribution in [0.4, 0.5) is 0 Å². The lowest BCUT2D eigenvalue weighted by Gasteiger charge is -2.33. The fourth-order valence-electron chi connectivity index (χ4n) is 2.52. The number of ketones is 1. The Bertz CT molecular complexity index is 607. The molecule has 110 valence electrons. The van der Waals surface area contributed by atoms with E-state index in [1.807, 2.05) is 24.3 Å². The summed E-state index contributed by atoms with van der Waals surface area (Å²) >= 11 is 12.6. The van der Waals surface area contributed by atoms with Crippen molar-refractivity contribution in [1.82, 2.24) is 0 Å². The van der Waals surface area contributed by atoms with Gasteiger partial charge in [0, 0.05) is 34.7 Å². The lowest BCUT2D eigenvalue weighted by atomic mass is 9.81. The van der Waals surface area contributed by atoms with Gasteiger partial charge in [0.05, 0.1) is 0 Å². The third-order valence-electron chi connectivity index (χ3n) is 3.53. The van der Waals surface area contributed by atoms with E-state index < -0.39 is 5.60 Å². The zero-order valence-electron chi connectivity index (χ0n) is 11.9. The van der Waals surface area contributed by atoms with Crippen LogP contribution in [0, 0.1) is 0 Å². The largest absolute Gasteiger partial charge is 0.361 e. The smallest absolute Gasteiger partial charge is 0.179 e. The summed E-state index contributed by atoms with van der Waals surface area (Å²) < 4.78 is 5.71. The van der Waals surface area contributed by atoms with Crippen LogP contribution in [-0.4, -0.2) is 12.9 Å². The molecule has 0 saturated carbocycles. The molecule has 2 nitrogen and oxygen atoms in total. The third kappa shape index (κ3) is 2.71. The van der Waals surface area contributed by atoms with Gasteiger partial charge < -0.3 is 4.74 Å². The summed E-state index contributed by atoms with van der Waals surface area (Å²) in [4.78, 5) is 12.7. The molecule has 0 unspecified atom stereocenters. The highest BCUT2D eigenvalue weighted by atomic mass is 35.5. The van der Waals surface area contributed by atoms with Crippen LogP contribution >= 0.6 is 23.2 Å². The Morgan fingerprint density at radius 1 is 1.00 bits per heavy atom. The average Bonchev–Trinajstić information content (AvgIpc) is 2.51. The van der Waals surface area contributed by atoms with Crippen molar-refractivity contribution < 1.29 is 9.53 Å². The van der Waals surface area contributed by atoms with Gasteiger partial charge in [-0.05, 0) is 12.1 Å². The predicted octanol–water partition coefficient (Wildman–Crippen LogP) is 4.86. The van der Waals surface area contributed by atoms with Crippen LogP contribution in [0.5, 0.6) is 0 Å². The van der Waals surface area contributed by atoms with E-state index in [1.165, 1.54) is 7.11 Å². The molecule has 0 amide bonds. The minimum absolute atomic E-state index is 0.0915. The van der Waals surface area contributed by atoms with Crippen molar-refractivity contribution in [2.45, 2.75) is 18.9 Å². The molecule has 2 aromatic carbocycles. The lowest BCUT2D eigenvalue weighted by molar-refractivity contribution is -0.137. The topological polar surface area (TPSA) is 26.3 Å². The van der Waals surface area contributed by atoms with Crippen molar-refractivity contribution >= 4 is 29.0 Å². The highest BCUT2D eigenvalue weighted by Crippen LogP contribution is 2.41. The van der Waals surface area contributed by atoms with Crippen LogP contribution in [0.3, 0.4) is 0 Å². The Kier molecular flexibility index (Phi) is 5.04. The first-order valence-electron chi connectivity index (χ1n) is 6.66. The van der Waals surface area contributed by atoms with Gasteiger partial charge in [0.25, 0.3) is 0 Å². The van der Waals surface area contributed by atoms with Crippen molar-refractivity contribution in [3.8, 4) is 0 Å². The van der Waals surface area contributed by atoms with Gasteiger partial charge in [-0.1, -0.05) is 66.5 Å². The normalized spacial score (nSPS) is 11.4. The highest BCUT2D eigenvalue weighted by molar-refractivity contribution is 6.33. The van der Waals surface area contributed by atoms with Crippen LogP contribution in [0.1, 0.15) is 24.5 Å². The molecule has 0 aliphatic rings. The maximum Gasteiger partial charge on any atom is 0.179 e. The molecule has 21 heavy (non-hydrogen) atoms. The van der Waals surface area contributed by atoms with Crippen LogP contribution in [-0.2, 0) is 15.1 Å². The van der Waals surface area contributed by atoms with Gasteiger partial charge in [-0.2, -0.15) is 0 Å². The molecule has 4 heteroatoms. The summed E-state index contributed by atoms with van der Waals surface area (Å²) in [7, 11) is 1.50. The van der Waals surface area contributed by atoms with Gasteiger partial charge in [-0.25, -0.2) is 0 Å². The molecular weight excluding hydrogens is 307 g/mol. The number of ether oxygens (including phenoxy) is 1. The number of methoxy groups -OCH3 is 1. The maximum absolute atomic E-state index is 12.7. The summed E-state index contributed by atoms with van der Waals surface area (Å²) in [5.74, 6) is -0.0915. The Morgan fingerprint density at radius 2 is 1.43 bits per heavy atom. The van der Waals surface area contributed by atoms with Crippen LogP contribution in [0.25, 0.3) is 0 Å². The Balaban J connectivity index is 2.80. The Morgan fingerprint density at radius 3 is 1.76 bits per heavy atom. The monoisotopic (exact) mass is 322 g/mol. The van der Waals surface area contributed by atoms with Crippen molar-refractivity contribution in [3.05, 3.63) is 69.7 Å². The Labute approximate surface area is 134 Å². The number of hydrogen-bond donors (Lipinski definition) is 0. The van der Waals surface area contributed by atoms with E-state index in [0.29, 0.717) is 27.6 Å². The molecule has 0 saturated heterocycles. The van der Waals surface area contributed by atoms with Gasteiger partial charge in [-0.3, -0.25) is 4.79 Å². The average molecular weight is 323 g/mol. The number of benzene rings is 2. The van der Waals surface area contributed by atoms with Crippen molar-refractivity contribution in [1.29, 1.82) is 0 Å². The number of Topliss-reactive ketones (excluding diaryl/α,β-unsaturated/α-hetero) is 1. The minimum Gasteiger partial charge on any atom is -0.361 e. The fourth-order valence-corrected chi connectivity index (χ4v) is 3.06. The van der Waals surface area contributed by atoms with E-state index in [9.17, 15) is 4.79 Å².